The molecule has 1 aliphatic rings. The number of rotatable bonds is 7. The van der Waals surface area contributed by atoms with Crippen molar-refractivity contribution in [2.45, 2.75) is 51.9 Å². The summed E-state index contributed by atoms with van der Waals surface area (Å²) in [5.74, 6) is 1.18. The molecule has 22 heavy (non-hydrogen) atoms. The van der Waals surface area contributed by atoms with Gasteiger partial charge in [0.05, 0.1) is 6.61 Å². The Kier molecular flexibility index (Phi) is 6.73. The lowest BCUT2D eigenvalue weighted by Gasteiger charge is -2.27. The zero-order valence-electron chi connectivity index (χ0n) is 14.3. The molecule has 1 aromatic rings. The number of nitrogens with zero attached hydrogens (tertiary/aromatic N) is 1. The van der Waals surface area contributed by atoms with Crippen LogP contribution in [0.5, 0.6) is 0 Å². The molecule has 1 aromatic carbocycles. The molecule has 2 nitrogen and oxygen atoms in total. The topological polar surface area (TPSA) is 12.5 Å². The fraction of sp³-hybridized carbons (Fsp3) is 0.684. The molecule has 124 valence electrons. The van der Waals surface area contributed by atoms with Gasteiger partial charge in [-0.1, -0.05) is 51.5 Å². The van der Waals surface area contributed by atoms with Crippen molar-refractivity contribution in [2.24, 2.45) is 5.92 Å². The summed E-state index contributed by atoms with van der Waals surface area (Å²) in [6.07, 6.45) is 4.95. The van der Waals surface area contributed by atoms with E-state index >= 15 is 0 Å². The molecule has 1 heterocycles. The number of hydroxylamine groups is 2. The van der Waals surface area contributed by atoms with Crippen molar-refractivity contribution in [3.8, 4) is 0 Å². The molecule has 0 N–H and O–H groups in total. The largest absolute Gasteiger partial charge is 0.299 e. The molecule has 1 unspecified atom stereocenters. The summed E-state index contributed by atoms with van der Waals surface area (Å²) < 4.78 is 0. The summed E-state index contributed by atoms with van der Waals surface area (Å²) >= 11 is 6.05. The van der Waals surface area contributed by atoms with Crippen LogP contribution in [0.2, 0.25) is 0 Å². The quantitative estimate of drug-likeness (QED) is 0.668. The van der Waals surface area contributed by atoms with Gasteiger partial charge in [0.2, 0.25) is 0 Å². The third-order valence-electron chi connectivity index (χ3n) is 4.51. The Morgan fingerprint density at radius 3 is 2.36 bits per heavy atom. The Morgan fingerprint density at radius 1 is 1.14 bits per heavy atom. The van der Waals surface area contributed by atoms with Gasteiger partial charge in [-0.2, -0.15) is 5.06 Å². The number of alkyl halides is 1. The number of halogens is 1. The third-order valence-corrected chi connectivity index (χ3v) is 5.18. The van der Waals surface area contributed by atoms with E-state index in [9.17, 15) is 0 Å². The molecule has 0 amide bonds. The van der Waals surface area contributed by atoms with Gasteiger partial charge in [0, 0.05) is 24.4 Å². The first-order valence-corrected chi connectivity index (χ1v) is 9.08. The van der Waals surface area contributed by atoms with E-state index in [1.165, 1.54) is 30.4 Å². The molecule has 0 aromatic heterocycles. The number of hydrogen-bond acceptors (Lipinski definition) is 2. The van der Waals surface area contributed by atoms with Crippen molar-refractivity contribution in [3.05, 3.63) is 35.4 Å². The fourth-order valence-electron chi connectivity index (χ4n) is 2.86. The zero-order valence-corrected chi connectivity index (χ0v) is 15.0. The standard InChI is InChI=1S/C19H30ClNO/c1-16(14-22-21-11-5-4-6-12-21)13-17-7-9-18(10-8-17)19(2,3)15-20/h7-10,16H,4-6,11-15H2,1-3H3. The minimum Gasteiger partial charge on any atom is -0.299 e. The Hall–Kier alpha value is -0.570. The average molecular weight is 324 g/mol. The molecule has 1 saturated heterocycles. The van der Waals surface area contributed by atoms with Crippen LogP contribution < -0.4 is 0 Å². The van der Waals surface area contributed by atoms with Crippen LogP contribution in [0.25, 0.3) is 0 Å². The van der Waals surface area contributed by atoms with E-state index in [-0.39, 0.29) is 5.41 Å². The van der Waals surface area contributed by atoms with Crippen molar-refractivity contribution in [1.82, 2.24) is 5.06 Å². The van der Waals surface area contributed by atoms with Gasteiger partial charge >= 0.3 is 0 Å². The molecular formula is C19H30ClNO. The lowest BCUT2D eigenvalue weighted by Crippen LogP contribution is -2.31. The first kappa shape index (κ1) is 17.8. The van der Waals surface area contributed by atoms with Crippen LogP contribution in [0.15, 0.2) is 24.3 Å². The van der Waals surface area contributed by atoms with Gasteiger partial charge in [0.1, 0.15) is 0 Å². The van der Waals surface area contributed by atoms with Gasteiger partial charge < -0.3 is 0 Å². The molecule has 1 fully saturated rings. The summed E-state index contributed by atoms with van der Waals surface area (Å²) in [6, 6.07) is 8.91. The van der Waals surface area contributed by atoms with E-state index in [0.717, 1.165) is 26.1 Å². The Labute approximate surface area is 140 Å². The van der Waals surface area contributed by atoms with Gasteiger partial charge in [0.15, 0.2) is 0 Å². The predicted molar refractivity (Wildman–Crippen MR) is 94.4 cm³/mol. The van der Waals surface area contributed by atoms with E-state index in [4.69, 9.17) is 16.4 Å². The van der Waals surface area contributed by atoms with E-state index in [2.05, 4.69) is 50.1 Å². The normalized spacial score (nSPS) is 18.4. The minimum absolute atomic E-state index is 0.0447. The van der Waals surface area contributed by atoms with E-state index in [0.29, 0.717) is 11.8 Å². The Balaban J connectivity index is 1.79. The molecule has 0 radical (unpaired) electrons. The highest BCUT2D eigenvalue weighted by Crippen LogP contribution is 2.25. The number of piperidine rings is 1. The maximum Gasteiger partial charge on any atom is 0.0713 e. The predicted octanol–water partition coefficient (Wildman–Crippen LogP) is 4.80. The van der Waals surface area contributed by atoms with Crippen molar-refractivity contribution in [1.29, 1.82) is 0 Å². The maximum atomic E-state index is 6.05. The second-order valence-corrected chi connectivity index (χ2v) is 7.58. The van der Waals surface area contributed by atoms with Crippen LogP contribution in [0.3, 0.4) is 0 Å². The third kappa shape index (κ3) is 5.26. The first-order valence-electron chi connectivity index (χ1n) is 8.54. The fourth-order valence-corrected chi connectivity index (χ4v) is 3.01. The number of hydrogen-bond donors (Lipinski definition) is 0. The van der Waals surface area contributed by atoms with E-state index in [1.807, 2.05) is 0 Å². The van der Waals surface area contributed by atoms with Crippen molar-refractivity contribution in [3.63, 3.8) is 0 Å². The molecule has 0 bridgehead atoms. The summed E-state index contributed by atoms with van der Waals surface area (Å²) in [5.41, 5.74) is 2.73. The minimum atomic E-state index is 0.0447. The molecule has 3 heteroatoms. The summed E-state index contributed by atoms with van der Waals surface area (Å²) in [4.78, 5) is 5.93. The van der Waals surface area contributed by atoms with Crippen LogP contribution in [0.4, 0.5) is 0 Å². The molecule has 2 rings (SSSR count). The summed E-state index contributed by atoms with van der Waals surface area (Å²) in [7, 11) is 0. The monoisotopic (exact) mass is 323 g/mol. The second kappa shape index (κ2) is 8.33. The molecular weight excluding hydrogens is 294 g/mol. The van der Waals surface area contributed by atoms with Gasteiger partial charge in [-0.15, -0.1) is 11.6 Å². The van der Waals surface area contributed by atoms with E-state index in [1.54, 1.807) is 0 Å². The van der Waals surface area contributed by atoms with E-state index < -0.39 is 0 Å². The van der Waals surface area contributed by atoms with Gasteiger partial charge in [-0.25, -0.2) is 0 Å². The molecule has 1 aliphatic heterocycles. The van der Waals surface area contributed by atoms with Crippen molar-refractivity contribution < 1.29 is 4.84 Å². The van der Waals surface area contributed by atoms with Crippen LogP contribution in [-0.4, -0.2) is 30.6 Å². The highest BCUT2D eigenvalue weighted by molar-refractivity contribution is 6.18. The summed E-state index contributed by atoms with van der Waals surface area (Å²) in [6.45, 7) is 9.63. The van der Waals surface area contributed by atoms with Crippen LogP contribution >= 0.6 is 11.6 Å². The lowest BCUT2D eigenvalue weighted by molar-refractivity contribution is -0.176. The number of benzene rings is 1. The first-order chi connectivity index (χ1) is 10.5. The molecule has 0 spiro atoms. The molecule has 0 aliphatic carbocycles. The smallest absolute Gasteiger partial charge is 0.0713 e. The van der Waals surface area contributed by atoms with Gasteiger partial charge in [0.25, 0.3) is 0 Å². The lowest BCUT2D eigenvalue weighted by atomic mass is 9.86. The Bertz CT molecular complexity index is 437. The highest BCUT2D eigenvalue weighted by atomic mass is 35.5. The van der Waals surface area contributed by atoms with Gasteiger partial charge in [-0.05, 0) is 36.3 Å². The van der Waals surface area contributed by atoms with Gasteiger partial charge in [-0.3, -0.25) is 4.84 Å². The average Bonchev–Trinajstić information content (AvgIpc) is 2.54. The maximum absolute atomic E-state index is 6.05. The van der Waals surface area contributed by atoms with Crippen molar-refractivity contribution in [2.75, 3.05) is 25.6 Å². The second-order valence-electron chi connectivity index (χ2n) is 7.31. The van der Waals surface area contributed by atoms with Crippen molar-refractivity contribution >= 4 is 11.6 Å². The zero-order chi connectivity index (χ0) is 16.0. The SMILES string of the molecule is CC(CON1CCCCC1)Cc1ccc(C(C)(C)CCl)cc1. The van der Waals surface area contributed by atoms with Crippen LogP contribution in [0, 0.1) is 5.92 Å². The molecule has 1 atom stereocenters. The Morgan fingerprint density at radius 2 is 1.77 bits per heavy atom. The summed E-state index contributed by atoms with van der Waals surface area (Å²) in [5, 5.41) is 2.14. The highest BCUT2D eigenvalue weighted by Gasteiger charge is 2.19. The van der Waals surface area contributed by atoms with Crippen LogP contribution in [-0.2, 0) is 16.7 Å². The molecule has 0 saturated carbocycles. The van der Waals surface area contributed by atoms with Crippen LogP contribution in [0.1, 0.15) is 51.2 Å².